The second-order valence-electron chi connectivity index (χ2n) is 2.96. The summed E-state index contributed by atoms with van der Waals surface area (Å²) in [5.41, 5.74) is 0. The molecule has 0 radical (unpaired) electrons. The van der Waals surface area contributed by atoms with Gasteiger partial charge >= 0.3 is 0 Å². The van der Waals surface area contributed by atoms with Crippen molar-refractivity contribution < 1.29 is 9.50 Å². The van der Waals surface area contributed by atoms with Crippen LogP contribution in [0, 0.1) is 0 Å². The monoisotopic (exact) mass is 147 g/mol. The normalized spacial score (nSPS) is 37.5. The van der Waals surface area contributed by atoms with E-state index in [0.29, 0.717) is 12.8 Å². The van der Waals surface area contributed by atoms with Crippen LogP contribution in [-0.2, 0) is 0 Å². The molecule has 0 aromatic heterocycles. The molecule has 0 aliphatic carbocycles. The fourth-order valence-corrected chi connectivity index (χ4v) is 1.18. The van der Waals surface area contributed by atoms with Crippen molar-refractivity contribution in [2.45, 2.75) is 25.1 Å². The maximum atomic E-state index is 12.7. The van der Waals surface area contributed by atoms with Crippen LogP contribution in [0.15, 0.2) is 0 Å². The molecule has 1 heterocycles. The van der Waals surface area contributed by atoms with Crippen molar-refractivity contribution in [2.24, 2.45) is 0 Å². The fraction of sp³-hybridized carbons (Fsp3) is 1.00. The lowest BCUT2D eigenvalue weighted by molar-refractivity contribution is 0.0756. The molecule has 1 N–H and O–H groups in total. The molecule has 1 rings (SSSR count). The Kier molecular flexibility index (Phi) is 2.63. The van der Waals surface area contributed by atoms with Gasteiger partial charge in [-0.3, -0.25) is 0 Å². The summed E-state index contributed by atoms with van der Waals surface area (Å²) in [7, 11) is 1.95. The lowest BCUT2D eigenvalue weighted by atomic mass is 10.1. The van der Waals surface area contributed by atoms with E-state index in [1.165, 1.54) is 0 Å². The average Bonchev–Trinajstić information content (AvgIpc) is 2.04. The van der Waals surface area contributed by atoms with E-state index < -0.39 is 12.3 Å². The molecule has 2 atom stereocenters. The Morgan fingerprint density at radius 2 is 2.00 bits per heavy atom. The Bertz CT molecular complexity index is 97.8. The number of rotatable bonds is 0. The van der Waals surface area contributed by atoms with Gasteiger partial charge in [0, 0.05) is 13.1 Å². The van der Waals surface area contributed by atoms with Crippen molar-refractivity contribution >= 4 is 0 Å². The highest BCUT2D eigenvalue weighted by Crippen LogP contribution is 2.12. The first-order chi connectivity index (χ1) is 4.70. The summed E-state index contributed by atoms with van der Waals surface area (Å²) >= 11 is 0. The van der Waals surface area contributed by atoms with Gasteiger partial charge in [0.05, 0.1) is 6.10 Å². The minimum Gasteiger partial charge on any atom is -0.390 e. The molecule has 1 unspecified atom stereocenters. The van der Waals surface area contributed by atoms with Gasteiger partial charge in [0.1, 0.15) is 6.17 Å². The van der Waals surface area contributed by atoms with Crippen molar-refractivity contribution in [3.05, 3.63) is 0 Å². The third-order valence-electron chi connectivity index (χ3n) is 2.01. The van der Waals surface area contributed by atoms with Gasteiger partial charge in [-0.25, -0.2) is 4.39 Å². The smallest absolute Gasteiger partial charge is 0.127 e. The second kappa shape index (κ2) is 3.30. The Labute approximate surface area is 60.6 Å². The number of alkyl halides is 1. The van der Waals surface area contributed by atoms with Gasteiger partial charge in [-0.2, -0.15) is 0 Å². The van der Waals surface area contributed by atoms with E-state index in [1.54, 1.807) is 0 Å². The van der Waals surface area contributed by atoms with E-state index in [9.17, 15) is 4.39 Å². The minimum absolute atomic E-state index is 0.470. The molecule has 0 aromatic rings. The molecule has 1 aliphatic rings. The summed E-state index contributed by atoms with van der Waals surface area (Å²) in [6, 6.07) is 0. The number of nitrogens with zero attached hydrogens (tertiary/aromatic N) is 1. The lowest BCUT2D eigenvalue weighted by Crippen LogP contribution is -2.20. The summed E-state index contributed by atoms with van der Waals surface area (Å²) < 4.78 is 12.7. The zero-order chi connectivity index (χ0) is 7.56. The van der Waals surface area contributed by atoms with Gasteiger partial charge in [0.25, 0.3) is 0 Å². The molecule has 0 amide bonds. The van der Waals surface area contributed by atoms with Gasteiger partial charge in [0.15, 0.2) is 0 Å². The summed E-state index contributed by atoms with van der Waals surface area (Å²) in [5.74, 6) is 0. The van der Waals surface area contributed by atoms with Crippen molar-refractivity contribution in [3.63, 3.8) is 0 Å². The Balaban J connectivity index is 2.38. The van der Waals surface area contributed by atoms with Crippen LogP contribution in [0.4, 0.5) is 4.39 Å². The van der Waals surface area contributed by atoms with E-state index in [-0.39, 0.29) is 0 Å². The third-order valence-corrected chi connectivity index (χ3v) is 2.01. The van der Waals surface area contributed by atoms with E-state index in [2.05, 4.69) is 0 Å². The molecule has 1 aliphatic heterocycles. The first-order valence-corrected chi connectivity index (χ1v) is 3.71. The summed E-state index contributed by atoms with van der Waals surface area (Å²) in [4.78, 5) is 2.04. The van der Waals surface area contributed by atoms with Crippen molar-refractivity contribution in [1.29, 1.82) is 0 Å². The Morgan fingerprint density at radius 1 is 1.40 bits per heavy atom. The number of hydrogen-bond donors (Lipinski definition) is 1. The standard InChI is InChI=1S/C7H14FNO/c1-9-4-2-6(8)7(10)3-5-9/h6-7,10H,2-5H2,1H3/t6?,7-/m0/s1. The highest BCUT2D eigenvalue weighted by molar-refractivity contribution is 4.74. The molecule has 0 bridgehead atoms. The number of aliphatic hydroxyl groups excluding tert-OH is 1. The summed E-state index contributed by atoms with van der Waals surface area (Å²) in [6.07, 6.45) is -0.704. The van der Waals surface area contributed by atoms with Gasteiger partial charge in [-0.1, -0.05) is 0 Å². The van der Waals surface area contributed by atoms with Crippen LogP contribution in [0.25, 0.3) is 0 Å². The number of likely N-dealkylation sites (tertiary alicyclic amines) is 1. The van der Waals surface area contributed by atoms with E-state index in [0.717, 1.165) is 13.1 Å². The Morgan fingerprint density at radius 3 is 2.70 bits per heavy atom. The predicted molar refractivity (Wildman–Crippen MR) is 37.6 cm³/mol. The number of halogens is 1. The second-order valence-corrected chi connectivity index (χ2v) is 2.96. The maximum absolute atomic E-state index is 12.7. The third kappa shape index (κ3) is 1.92. The van der Waals surface area contributed by atoms with Gasteiger partial charge in [-0.05, 0) is 19.9 Å². The molecule has 0 spiro atoms. The van der Waals surface area contributed by atoms with Gasteiger partial charge in [-0.15, -0.1) is 0 Å². The highest BCUT2D eigenvalue weighted by atomic mass is 19.1. The van der Waals surface area contributed by atoms with Crippen LogP contribution < -0.4 is 0 Å². The maximum Gasteiger partial charge on any atom is 0.127 e. The zero-order valence-corrected chi connectivity index (χ0v) is 6.26. The Hall–Kier alpha value is -0.150. The first kappa shape index (κ1) is 7.95. The first-order valence-electron chi connectivity index (χ1n) is 3.71. The zero-order valence-electron chi connectivity index (χ0n) is 6.26. The summed E-state index contributed by atoms with van der Waals surface area (Å²) in [6.45, 7) is 1.57. The van der Waals surface area contributed by atoms with Crippen molar-refractivity contribution in [1.82, 2.24) is 4.90 Å². The molecular weight excluding hydrogens is 133 g/mol. The van der Waals surface area contributed by atoms with Crippen LogP contribution >= 0.6 is 0 Å². The molecule has 0 aromatic carbocycles. The van der Waals surface area contributed by atoms with E-state index >= 15 is 0 Å². The van der Waals surface area contributed by atoms with Crippen LogP contribution in [-0.4, -0.2) is 42.4 Å². The molecule has 2 nitrogen and oxygen atoms in total. The SMILES string of the molecule is CN1CCC(F)[C@@H](O)CC1. The van der Waals surface area contributed by atoms with Gasteiger partial charge in [0.2, 0.25) is 0 Å². The number of hydrogen-bond acceptors (Lipinski definition) is 2. The topological polar surface area (TPSA) is 23.5 Å². The molecule has 10 heavy (non-hydrogen) atoms. The molecular formula is C7H14FNO. The van der Waals surface area contributed by atoms with Crippen LogP contribution in [0.5, 0.6) is 0 Å². The van der Waals surface area contributed by atoms with Crippen LogP contribution in [0.1, 0.15) is 12.8 Å². The van der Waals surface area contributed by atoms with Crippen LogP contribution in [0.2, 0.25) is 0 Å². The highest BCUT2D eigenvalue weighted by Gasteiger charge is 2.22. The number of aliphatic hydroxyl groups is 1. The average molecular weight is 147 g/mol. The molecule has 0 saturated carbocycles. The largest absolute Gasteiger partial charge is 0.390 e. The van der Waals surface area contributed by atoms with Crippen molar-refractivity contribution in [3.8, 4) is 0 Å². The molecule has 1 saturated heterocycles. The summed E-state index contributed by atoms with van der Waals surface area (Å²) in [5, 5.41) is 9.07. The molecule has 1 fully saturated rings. The van der Waals surface area contributed by atoms with E-state index in [4.69, 9.17) is 5.11 Å². The molecule has 60 valence electrons. The molecule has 3 heteroatoms. The quantitative estimate of drug-likeness (QED) is 0.536. The van der Waals surface area contributed by atoms with Crippen LogP contribution in [0.3, 0.4) is 0 Å². The predicted octanol–water partition coefficient (Wildman–Crippen LogP) is 0.411. The minimum atomic E-state index is -1.01. The van der Waals surface area contributed by atoms with Gasteiger partial charge < -0.3 is 10.0 Å². The van der Waals surface area contributed by atoms with Crippen molar-refractivity contribution in [2.75, 3.05) is 20.1 Å². The van der Waals surface area contributed by atoms with E-state index in [1.807, 2.05) is 11.9 Å². The fourth-order valence-electron chi connectivity index (χ4n) is 1.18. The lowest BCUT2D eigenvalue weighted by Gasteiger charge is -2.10.